The summed E-state index contributed by atoms with van der Waals surface area (Å²) in [7, 11) is 0. The Morgan fingerprint density at radius 3 is 2.56 bits per heavy atom. The van der Waals surface area contributed by atoms with Crippen molar-refractivity contribution < 1.29 is 9.13 Å². The molecular formula is C13H8ClFN2O. The van der Waals surface area contributed by atoms with Gasteiger partial charge in [-0.05, 0) is 36.4 Å². The van der Waals surface area contributed by atoms with Crippen LogP contribution in [0.5, 0.6) is 11.5 Å². The molecule has 0 atom stereocenters. The van der Waals surface area contributed by atoms with Crippen LogP contribution >= 0.6 is 11.6 Å². The minimum absolute atomic E-state index is 0.000622. The SMILES string of the molecule is N#Cc1cc(N)ccc1Oc1ccc(Cl)cc1F. The number of anilines is 1. The third-order valence-electron chi connectivity index (χ3n) is 2.24. The van der Waals surface area contributed by atoms with Crippen molar-refractivity contribution in [2.75, 3.05) is 5.73 Å². The molecule has 0 spiro atoms. The molecule has 0 amide bonds. The molecule has 5 heteroatoms. The molecule has 90 valence electrons. The van der Waals surface area contributed by atoms with Crippen molar-refractivity contribution in [3.63, 3.8) is 0 Å². The van der Waals surface area contributed by atoms with Gasteiger partial charge < -0.3 is 10.5 Å². The number of nitriles is 1. The van der Waals surface area contributed by atoms with Gasteiger partial charge in [0.25, 0.3) is 0 Å². The second-order valence-corrected chi connectivity index (χ2v) is 3.98. The second-order valence-electron chi connectivity index (χ2n) is 3.54. The molecule has 0 aliphatic heterocycles. The minimum atomic E-state index is -0.594. The molecule has 2 N–H and O–H groups in total. The van der Waals surface area contributed by atoms with E-state index in [-0.39, 0.29) is 22.1 Å². The summed E-state index contributed by atoms with van der Waals surface area (Å²) >= 11 is 5.63. The van der Waals surface area contributed by atoms with Crippen LogP contribution in [-0.2, 0) is 0 Å². The predicted octanol–water partition coefficient (Wildman–Crippen LogP) is 3.73. The van der Waals surface area contributed by atoms with E-state index in [1.54, 1.807) is 6.07 Å². The third-order valence-corrected chi connectivity index (χ3v) is 2.47. The molecule has 2 aromatic carbocycles. The fraction of sp³-hybridized carbons (Fsp3) is 0. The van der Waals surface area contributed by atoms with Gasteiger partial charge in [-0.1, -0.05) is 11.6 Å². The van der Waals surface area contributed by atoms with Gasteiger partial charge in [0.05, 0.1) is 5.56 Å². The van der Waals surface area contributed by atoms with Crippen LogP contribution in [0.1, 0.15) is 5.56 Å². The fourth-order valence-electron chi connectivity index (χ4n) is 1.40. The molecule has 0 aliphatic rings. The van der Waals surface area contributed by atoms with Crippen molar-refractivity contribution in [2.24, 2.45) is 0 Å². The molecule has 18 heavy (non-hydrogen) atoms. The summed E-state index contributed by atoms with van der Waals surface area (Å²) < 4.78 is 18.9. The van der Waals surface area contributed by atoms with Crippen molar-refractivity contribution in [1.29, 1.82) is 5.26 Å². The first-order valence-corrected chi connectivity index (χ1v) is 5.40. The Balaban J connectivity index is 2.37. The third kappa shape index (κ3) is 2.53. The van der Waals surface area contributed by atoms with Crippen molar-refractivity contribution in [3.05, 3.63) is 52.8 Å². The van der Waals surface area contributed by atoms with E-state index in [9.17, 15) is 4.39 Å². The highest BCUT2D eigenvalue weighted by Gasteiger charge is 2.09. The lowest BCUT2D eigenvalue weighted by molar-refractivity contribution is 0.441. The molecular weight excluding hydrogens is 255 g/mol. The molecule has 2 rings (SSSR count). The summed E-state index contributed by atoms with van der Waals surface area (Å²) in [5.41, 5.74) is 6.23. The maximum absolute atomic E-state index is 13.5. The van der Waals surface area contributed by atoms with E-state index in [0.29, 0.717) is 5.69 Å². The molecule has 0 aromatic heterocycles. The van der Waals surface area contributed by atoms with Gasteiger partial charge in [-0.15, -0.1) is 0 Å². The Kier molecular flexibility index (Phi) is 3.35. The van der Waals surface area contributed by atoms with Crippen molar-refractivity contribution in [1.82, 2.24) is 0 Å². The quantitative estimate of drug-likeness (QED) is 0.839. The molecule has 0 bridgehead atoms. The average molecular weight is 263 g/mol. The van der Waals surface area contributed by atoms with Crippen LogP contribution < -0.4 is 10.5 Å². The standard InChI is InChI=1S/C13H8ClFN2O/c14-9-1-3-13(11(15)6-9)18-12-4-2-10(17)5-8(12)7-16/h1-6H,17H2. The zero-order valence-electron chi connectivity index (χ0n) is 9.15. The Morgan fingerprint density at radius 1 is 1.17 bits per heavy atom. The van der Waals surface area contributed by atoms with Gasteiger partial charge in [0, 0.05) is 10.7 Å². The zero-order valence-corrected chi connectivity index (χ0v) is 9.91. The topological polar surface area (TPSA) is 59.0 Å². The molecule has 0 saturated carbocycles. The molecule has 3 nitrogen and oxygen atoms in total. The van der Waals surface area contributed by atoms with Crippen LogP contribution in [0.2, 0.25) is 5.02 Å². The summed E-state index contributed by atoms with van der Waals surface area (Å²) in [5.74, 6) is -0.350. The largest absolute Gasteiger partial charge is 0.453 e. The van der Waals surface area contributed by atoms with Gasteiger partial charge in [-0.25, -0.2) is 4.39 Å². The lowest BCUT2D eigenvalue weighted by atomic mass is 10.2. The number of nitrogens with zero attached hydrogens (tertiary/aromatic N) is 1. The van der Waals surface area contributed by atoms with E-state index in [2.05, 4.69) is 0 Å². The summed E-state index contributed by atoms with van der Waals surface area (Å²) in [5, 5.41) is 9.21. The molecule has 0 fully saturated rings. The molecule has 0 aliphatic carbocycles. The van der Waals surface area contributed by atoms with Crippen LogP contribution in [0.4, 0.5) is 10.1 Å². The van der Waals surface area contributed by atoms with Gasteiger partial charge in [-0.3, -0.25) is 0 Å². The maximum Gasteiger partial charge on any atom is 0.167 e. The monoisotopic (exact) mass is 262 g/mol. The number of rotatable bonds is 2. The Bertz CT molecular complexity index is 637. The Morgan fingerprint density at radius 2 is 1.89 bits per heavy atom. The summed E-state index contributed by atoms with van der Waals surface area (Å²) in [6.07, 6.45) is 0. The van der Waals surface area contributed by atoms with E-state index in [1.807, 2.05) is 6.07 Å². The first kappa shape index (κ1) is 12.2. The fourth-order valence-corrected chi connectivity index (χ4v) is 1.56. The maximum atomic E-state index is 13.5. The summed E-state index contributed by atoms with van der Waals surface area (Å²) in [6.45, 7) is 0. The van der Waals surface area contributed by atoms with Crippen LogP contribution in [0.15, 0.2) is 36.4 Å². The van der Waals surface area contributed by atoms with E-state index in [0.717, 1.165) is 6.07 Å². The average Bonchev–Trinajstić information content (AvgIpc) is 2.34. The van der Waals surface area contributed by atoms with E-state index in [4.69, 9.17) is 27.3 Å². The highest BCUT2D eigenvalue weighted by Crippen LogP contribution is 2.29. The van der Waals surface area contributed by atoms with Crippen molar-refractivity contribution in [2.45, 2.75) is 0 Å². The van der Waals surface area contributed by atoms with E-state index in [1.165, 1.54) is 24.3 Å². The van der Waals surface area contributed by atoms with Crippen LogP contribution in [0.25, 0.3) is 0 Å². The Labute approximate surface area is 108 Å². The number of hydrogen-bond donors (Lipinski definition) is 1. The zero-order chi connectivity index (χ0) is 13.1. The molecule has 0 radical (unpaired) electrons. The summed E-state index contributed by atoms with van der Waals surface area (Å²) in [6, 6.07) is 10.5. The smallest absolute Gasteiger partial charge is 0.167 e. The van der Waals surface area contributed by atoms with Crippen LogP contribution in [-0.4, -0.2) is 0 Å². The van der Waals surface area contributed by atoms with Crippen LogP contribution in [0, 0.1) is 17.1 Å². The number of nitrogen functional groups attached to an aromatic ring is 1. The van der Waals surface area contributed by atoms with E-state index < -0.39 is 5.82 Å². The molecule has 0 saturated heterocycles. The normalized spacial score (nSPS) is 9.83. The van der Waals surface area contributed by atoms with Gasteiger partial charge in [-0.2, -0.15) is 5.26 Å². The highest BCUT2D eigenvalue weighted by atomic mass is 35.5. The van der Waals surface area contributed by atoms with Crippen LogP contribution in [0.3, 0.4) is 0 Å². The lowest BCUT2D eigenvalue weighted by Gasteiger charge is -2.08. The highest BCUT2D eigenvalue weighted by molar-refractivity contribution is 6.30. The molecule has 0 unspecified atom stereocenters. The molecule has 2 aromatic rings. The van der Waals surface area contributed by atoms with E-state index >= 15 is 0 Å². The predicted molar refractivity (Wildman–Crippen MR) is 67.1 cm³/mol. The van der Waals surface area contributed by atoms with Crippen molar-refractivity contribution >= 4 is 17.3 Å². The van der Waals surface area contributed by atoms with Gasteiger partial charge >= 0.3 is 0 Å². The first-order valence-electron chi connectivity index (χ1n) is 5.02. The van der Waals surface area contributed by atoms with Gasteiger partial charge in [0.15, 0.2) is 11.6 Å². The number of halogens is 2. The van der Waals surface area contributed by atoms with Crippen molar-refractivity contribution in [3.8, 4) is 17.6 Å². The number of nitrogens with two attached hydrogens (primary N) is 1. The molecule has 0 heterocycles. The Hall–Kier alpha value is -2.25. The second kappa shape index (κ2) is 4.94. The van der Waals surface area contributed by atoms with Gasteiger partial charge in [0.1, 0.15) is 11.8 Å². The minimum Gasteiger partial charge on any atom is -0.453 e. The first-order chi connectivity index (χ1) is 8.60. The number of benzene rings is 2. The number of hydrogen-bond acceptors (Lipinski definition) is 3. The van der Waals surface area contributed by atoms with Gasteiger partial charge in [0.2, 0.25) is 0 Å². The number of ether oxygens (including phenoxy) is 1. The summed E-state index contributed by atoms with van der Waals surface area (Å²) in [4.78, 5) is 0. The lowest BCUT2D eigenvalue weighted by Crippen LogP contribution is -1.93.